The predicted molar refractivity (Wildman–Crippen MR) is 80.6 cm³/mol. The van der Waals surface area contributed by atoms with E-state index in [4.69, 9.17) is 8.37 Å². The number of alkyl halides is 2. The van der Waals surface area contributed by atoms with Crippen LogP contribution >= 0.6 is 0 Å². The van der Waals surface area contributed by atoms with Crippen LogP contribution in [0.1, 0.15) is 23.5 Å². The molecule has 0 radical (unpaired) electrons. The molecule has 0 saturated carbocycles. The Balaban J connectivity index is 1.72. The van der Waals surface area contributed by atoms with E-state index in [0.29, 0.717) is 11.1 Å². The Bertz CT molecular complexity index is 529. The van der Waals surface area contributed by atoms with Crippen LogP contribution in [0.2, 0.25) is 0 Å². The molecule has 0 saturated heterocycles. The third kappa shape index (κ3) is 5.29. The van der Waals surface area contributed by atoms with E-state index in [1.54, 1.807) is 60.7 Å². The molecular formula is C16H16F2O3S. The quantitative estimate of drug-likeness (QED) is 0.735. The van der Waals surface area contributed by atoms with Crippen LogP contribution in [0, 0.1) is 0 Å². The van der Waals surface area contributed by atoms with Gasteiger partial charge in [0, 0.05) is 0 Å². The highest BCUT2D eigenvalue weighted by molar-refractivity contribution is 7.75. The predicted octanol–water partition coefficient (Wildman–Crippen LogP) is 4.02. The number of halogens is 2. The van der Waals surface area contributed by atoms with Crippen LogP contribution in [0.15, 0.2) is 60.7 Å². The summed E-state index contributed by atoms with van der Waals surface area (Å²) >= 11 is -2.19. The molecule has 2 unspecified atom stereocenters. The van der Waals surface area contributed by atoms with E-state index in [1.807, 2.05) is 0 Å². The second-order valence-corrected chi connectivity index (χ2v) is 5.41. The summed E-state index contributed by atoms with van der Waals surface area (Å²) in [5, 5.41) is 0. The minimum Gasteiger partial charge on any atom is -0.265 e. The van der Waals surface area contributed by atoms with Crippen LogP contribution in [-0.4, -0.2) is 17.4 Å². The molecular weight excluding hydrogens is 310 g/mol. The lowest BCUT2D eigenvalue weighted by Crippen LogP contribution is -2.11. The first-order valence-electron chi connectivity index (χ1n) is 6.73. The number of benzene rings is 2. The van der Waals surface area contributed by atoms with Crippen LogP contribution in [0.3, 0.4) is 0 Å². The Morgan fingerprint density at radius 1 is 0.773 bits per heavy atom. The van der Waals surface area contributed by atoms with Crippen molar-refractivity contribution in [2.75, 3.05) is 13.2 Å². The van der Waals surface area contributed by atoms with E-state index in [0.717, 1.165) is 0 Å². The monoisotopic (exact) mass is 326 g/mol. The Hall–Kier alpha value is -1.63. The normalized spacial score (nSPS) is 15.2. The van der Waals surface area contributed by atoms with Gasteiger partial charge in [0.2, 0.25) is 0 Å². The summed E-state index contributed by atoms with van der Waals surface area (Å²) in [5.41, 5.74) is 0.847. The molecule has 0 spiro atoms. The van der Waals surface area contributed by atoms with Crippen LogP contribution in [-0.2, 0) is 19.7 Å². The summed E-state index contributed by atoms with van der Waals surface area (Å²) < 4.78 is 48.5. The fourth-order valence-corrected chi connectivity index (χ4v) is 2.31. The molecule has 0 N–H and O–H groups in total. The molecule has 118 valence electrons. The Kier molecular flexibility index (Phi) is 6.64. The largest absolute Gasteiger partial charge is 0.304 e. The highest BCUT2D eigenvalue weighted by Crippen LogP contribution is 2.19. The van der Waals surface area contributed by atoms with E-state index >= 15 is 0 Å². The third-order valence-corrected chi connectivity index (χ3v) is 3.60. The molecule has 2 aromatic carbocycles. The van der Waals surface area contributed by atoms with Gasteiger partial charge in [-0.1, -0.05) is 60.7 Å². The maximum Gasteiger partial charge on any atom is 0.304 e. The fourth-order valence-electron chi connectivity index (χ4n) is 1.78. The Morgan fingerprint density at radius 2 is 1.14 bits per heavy atom. The summed E-state index contributed by atoms with van der Waals surface area (Å²) in [6.45, 7) is -0.835. The van der Waals surface area contributed by atoms with Gasteiger partial charge in [-0.15, -0.1) is 0 Å². The molecule has 2 atom stereocenters. The molecule has 2 aromatic rings. The number of hydrogen-bond acceptors (Lipinski definition) is 3. The van der Waals surface area contributed by atoms with Gasteiger partial charge in [0.1, 0.15) is 25.6 Å². The molecule has 3 nitrogen and oxygen atoms in total. The second kappa shape index (κ2) is 8.73. The lowest BCUT2D eigenvalue weighted by Gasteiger charge is -2.10. The van der Waals surface area contributed by atoms with Gasteiger partial charge in [0.05, 0.1) is 0 Å². The minimum atomic E-state index is -2.19. The first-order chi connectivity index (χ1) is 10.7. The number of hydrogen-bond donors (Lipinski definition) is 0. The van der Waals surface area contributed by atoms with Crippen molar-refractivity contribution < 1.29 is 21.4 Å². The van der Waals surface area contributed by atoms with Crippen LogP contribution in [0.4, 0.5) is 8.78 Å². The lowest BCUT2D eigenvalue weighted by atomic mass is 10.1. The van der Waals surface area contributed by atoms with Crippen molar-refractivity contribution in [3.63, 3.8) is 0 Å². The maximum atomic E-state index is 13.8. The Morgan fingerprint density at radius 3 is 1.50 bits per heavy atom. The van der Waals surface area contributed by atoms with Crippen LogP contribution < -0.4 is 0 Å². The summed E-state index contributed by atoms with van der Waals surface area (Å²) in [6, 6.07) is 16.7. The molecule has 6 heteroatoms. The zero-order valence-electron chi connectivity index (χ0n) is 11.7. The Labute approximate surface area is 130 Å². The SMILES string of the molecule is O=S(OCC(F)c1ccccc1)OCC(F)c1ccccc1. The van der Waals surface area contributed by atoms with Crippen LogP contribution in [0.5, 0.6) is 0 Å². The smallest absolute Gasteiger partial charge is 0.265 e. The molecule has 0 amide bonds. The van der Waals surface area contributed by atoms with Gasteiger partial charge < -0.3 is 0 Å². The lowest BCUT2D eigenvalue weighted by molar-refractivity contribution is 0.158. The first kappa shape index (κ1) is 16.7. The molecule has 22 heavy (non-hydrogen) atoms. The standard InChI is InChI=1S/C16H16F2O3S/c17-15(13-7-3-1-4-8-13)11-20-22(19)21-12-16(18)14-9-5-2-6-10-14/h1-10,15-16H,11-12H2. The van der Waals surface area contributed by atoms with Crippen molar-refractivity contribution in [3.8, 4) is 0 Å². The van der Waals surface area contributed by atoms with Gasteiger partial charge in [-0.2, -0.15) is 4.21 Å². The van der Waals surface area contributed by atoms with Crippen LogP contribution in [0.25, 0.3) is 0 Å². The van der Waals surface area contributed by atoms with E-state index in [1.165, 1.54) is 0 Å². The van der Waals surface area contributed by atoms with Gasteiger partial charge in [-0.3, -0.25) is 8.37 Å². The average molecular weight is 326 g/mol. The molecule has 2 rings (SSSR count). The zero-order valence-corrected chi connectivity index (χ0v) is 12.5. The van der Waals surface area contributed by atoms with Crippen molar-refractivity contribution in [2.45, 2.75) is 12.3 Å². The highest BCUT2D eigenvalue weighted by Gasteiger charge is 2.15. The van der Waals surface area contributed by atoms with E-state index in [-0.39, 0.29) is 0 Å². The van der Waals surface area contributed by atoms with Crippen molar-refractivity contribution in [1.29, 1.82) is 0 Å². The van der Waals surface area contributed by atoms with Crippen molar-refractivity contribution in [3.05, 3.63) is 71.8 Å². The summed E-state index contributed by atoms with van der Waals surface area (Å²) in [6.07, 6.45) is -2.83. The van der Waals surface area contributed by atoms with Gasteiger partial charge >= 0.3 is 11.4 Å². The van der Waals surface area contributed by atoms with Gasteiger partial charge in [-0.05, 0) is 11.1 Å². The molecule has 0 fully saturated rings. The molecule has 0 aliphatic carbocycles. The molecule has 0 aliphatic rings. The van der Waals surface area contributed by atoms with E-state index in [9.17, 15) is 13.0 Å². The van der Waals surface area contributed by atoms with E-state index in [2.05, 4.69) is 0 Å². The van der Waals surface area contributed by atoms with Gasteiger partial charge in [0.15, 0.2) is 0 Å². The highest BCUT2D eigenvalue weighted by atomic mass is 32.2. The first-order valence-corrected chi connectivity index (χ1v) is 7.73. The molecule has 0 aliphatic heterocycles. The maximum absolute atomic E-state index is 13.8. The summed E-state index contributed by atoms with van der Waals surface area (Å²) in [7, 11) is 0. The fraction of sp³-hybridized carbons (Fsp3) is 0.250. The van der Waals surface area contributed by atoms with E-state index < -0.39 is 36.9 Å². The van der Waals surface area contributed by atoms with Crippen molar-refractivity contribution >= 4 is 11.4 Å². The molecule has 0 bridgehead atoms. The zero-order chi connectivity index (χ0) is 15.8. The average Bonchev–Trinajstić information content (AvgIpc) is 2.59. The second-order valence-electron chi connectivity index (χ2n) is 4.53. The number of rotatable bonds is 8. The van der Waals surface area contributed by atoms with Crippen molar-refractivity contribution in [2.24, 2.45) is 0 Å². The summed E-state index contributed by atoms with van der Waals surface area (Å²) in [5.74, 6) is 0. The molecule has 0 heterocycles. The minimum absolute atomic E-state index is 0.418. The topological polar surface area (TPSA) is 35.5 Å². The molecule has 0 aromatic heterocycles. The van der Waals surface area contributed by atoms with Gasteiger partial charge in [0.25, 0.3) is 0 Å². The summed E-state index contributed by atoms with van der Waals surface area (Å²) in [4.78, 5) is 0. The van der Waals surface area contributed by atoms with Crippen molar-refractivity contribution in [1.82, 2.24) is 0 Å². The van der Waals surface area contributed by atoms with Gasteiger partial charge in [-0.25, -0.2) is 8.78 Å². The third-order valence-electron chi connectivity index (χ3n) is 2.94.